The van der Waals surface area contributed by atoms with Gasteiger partial charge in [0.25, 0.3) is 0 Å². The summed E-state index contributed by atoms with van der Waals surface area (Å²) in [7, 11) is 0. The first kappa shape index (κ1) is 23.7. The van der Waals surface area contributed by atoms with Crippen molar-refractivity contribution in [1.82, 2.24) is 0 Å². The molecule has 31 heavy (non-hydrogen) atoms. The molecule has 172 valence electrons. The smallest absolute Gasteiger partial charge is 0.201 e. The van der Waals surface area contributed by atoms with E-state index in [4.69, 9.17) is 14.2 Å². The average molecular weight is 446 g/mol. The van der Waals surface area contributed by atoms with Gasteiger partial charge in [0.05, 0.1) is 25.4 Å². The van der Waals surface area contributed by atoms with E-state index in [0.29, 0.717) is 19.3 Å². The maximum atomic E-state index is 14.7. The Labute approximate surface area is 178 Å². The number of alkyl halides is 1. The fourth-order valence-electron chi connectivity index (χ4n) is 3.92. The van der Waals surface area contributed by atoms with E-state index < -0.39 is 46.7 Å². The van der Waals surface area contributed by atoms with Gasteiger partial charge < -0.3 is 14.2 Å². The van der Waals surface area contributed by atoms with Gasteiger partial charge in [0, 0.05) is 5.92 Å². The van der Waals surface area contributed by atoms with E-state index in [-0.39, 0.29) is 38.4 Å². The second-order valence-corrected chi connectivity index (χ2v) is 7.94. The molecule has 1 aliphatic heterocycles. The molecule has 1 unspecified atom stereocenters. The van der Waals surface area contributed by atoms with Gasteiger partial charge in [0.1, 0.15) is 5.83 Å². The number of hydrogen-bond acceptors (Lipinski definition) is 3. The largest absolute Gasteiger partial charge is 0.491 e. The monoisotopic (exact) mass is 446 g/mol. The third kappa shape index (κ3) is 5.29. The van der Waals surface area contributed by atoms with Crippen molar-refractivity contribution in [3.05, 3.63) is 46.8 Å². The van der Waals surface area contributed by atoms with Crippen molar-refractivity contribution in [3.63, 3.8) is 0 Å². The van der Waals surface area contributed by atoms with Gasteiger partial charge in [0.2, 0.25) is 5.82 Å². The molecule has 0 bridgehead atoms. The van der Waals surface area contributed by atoms with Crippen LogP contribution in [0, 0.1) is 17.6 Å². The Hall–Kier alpha value is -1.93. The maximum absolute atomic E-state index is 14.7. The lowest BCUT2D eigenvalue weighted by atomic mass is 9.87. The van der Waals surface area contributed by atoms with Gasteiger partial charge in [-0.3, -0.25) is 0 Å². The zero-order valence-corrected chi connectivity index (χ0v) is 17.7. The molecule has 0 radical (unpaired) electrons. The van der Waals surface area contributed by atoms with E-state index in [0.717, 1.165) is 17.7 Å². The lowest BCUT2D eigenvalue weighted by Crippen LogP contribution is -2.44. The van der Waals surface area contributed by atoms with Gasteiger partial charge >= 0.3 is 0 Å². The van der Waals surface area contributed by atoms with Crippen molar-refractivity contribution in [1.29, 1.82) is 0 Å². The molecule has 1 aromatic rings. The molecule has 0 spiro atoms. The average Bonchev–Trinajstić information content (AvgIpc) is 2.77. The van der Waals surface area contributed by atoms with Crippen molar-refractivity contribution < 1.29 is 36.2 Å². The van der Waals surface area contributed by atoms with Crippen molar-refractivity contribution in [2.75, 3.05) is 19.8 Å². The Morgan fingerprint density at radius 2 is 1.84 bits per heavy atom. The van der Waals surface area contributed by atoms with E-state index in [9.17, 15) is 22.0 Å². The van der Waals surface area contributed by atoms with Crippen LogP contribution in [0.15, 0.2) is 29.6 Å². The summed E-state index contributed by atoms with van der Waals surface area (Å²) >= 11 is 0. The van der Waals surface area contributed by atoms with E-state index in [1.54, 1.807) is 13.0 Å². The zero-order valence-electron chi connectivity index (χ0n) is 17.7. The highest BCUT2D eigenvalue weighted by molar-refractivity contribution is 5.63. The van der Waals surface area contributed by atoms with Crippen LogP contribution in [0.4, 0.5) is 22.0 Å². The first-order valence-corrected chi connectivity index (χ1v) is 10.6. The third-order valence-electron chi connectivity index (χ3n) is 5.58. The summed E-state index contributed by atoms with van der Waals surface area (Å²) in [5, 5.41) is 0. The highest BCUT2D eigenvalue weighted by Crippen LogP contribution is 2.39. The molecule has 1 heterocycles. The van der Waals surface area contributed by atoms with E-state index >= 15 is 0 Å². The second-order valence-electron chi connectivity index (χ2n) is 7.94. The van der Waals surface area contributed by atoms with Crippen molar-refractivity contribution in [2.24, 2.45) is 5.92 Å². The summed E-state index contributed by atoms with van der Waals surface area (Å²) in [5.74, 6) is -6.57. The number of benzene rings is 1. The third-order valence-corrected chi connectivity index (χ3v) is 5.58. The fourth-order valence-corrected chi connectivity index (χ4v) is 3.92. The van der Waals surface area contributed by atoms with Gasteiger partial charge in [-0.25, -0.2) is 17.6 Å². The highest BCUT2D eigenvalue weighted by atomic mass is 19.2. The van der Waals surface area contributed by atoms with Crippen LogP contribution in [0.25, 0.3) is 5.83 Å². The highest BCUT2D eigenvalue weighted by Gasteiger charge is 2.38. The lowest BCUT2D eigenvalue weighted by molar-refractivity contribution is -0.219. The molecule has 3 nitrogen and oxygen atoms in total. The molecule has 2 aliphatic rings. The fraction of sp³-hybridized carbons (Fsp3) is 0.565. The van der Waals surface area contributed by atoms with Crippen LogP contribution in [-0.2, 0) is 9.47 Å². The number of rotatable bonds is 7. The first-order valence-electron chi connectivity index (χ1n) is 10.6. The van der Waals surface area contributed by atoms with Crippen molar-refractivity contribution in [3.8, 4) is 5.75 Å². The van der Waals surface area contributed by atoms with Gasteiger partial charge in [-0.2, -0.15) is 4.39 Å². The molecule has 0 amide bonds. The molecule has 1 atom stereocenters. The maximum Gasteiger partial charge on any atom is 0.201 e. The molecule has 0 N–H and O–H groups in total. The minimum absolute atomic E-state index is 0.0717. The van der Waals surface area contributed by atoms with Gasteiger partial charge in [0.15, 0.2) is 29.4 Å². The molecular formula is C23H27F5O3. The first-order chi connectivity index (χ1) is 14.8. The quantitative estimate of drug-likeness (QED) is 0.350. The summed E-state index contributed by atoms with van der Waals surface area (Å²) in [6, 6.07) is 2.04. The standard InChI is InChI=1S/C23H27F5O3/c1-3-11-23(28)12-30-22(31-13-23)15-7-5-14(6-8-15)18(24)19(25)16-9-10-17(29-4-2)21(27)20(16)26/h7,9-10,14,22H,3-6,8,11-13H2,1-2H3/b19-18+. The molecule has 1 aliphatic carbocycles. The summed E-state index contributed by atoms with van der Waals surface area (Å²) in [4.78, 5) is 0. The van der Waals surface area contributed by atoms with Crippen LogP contribution in [-0.4, -0.2) is 31.8 Å². The van der Waals surface area contributed by atoms with Gasteiger partial charge in [-0.1, -0.05) is 19.4 Å². The molecule has 1 saturated heterocycles. The van der Waals surface area contributed by atoms with Crippen LogP contribution in [0.3, 0.4) is 0 Å². The van der Waals surface area contributed by atoms with Crippen LogP contribution in [0.5, 0.6) is 5.75 Å². The normalized spacial score (nSPS) is 27.5. The number of allylic oxidation sites excluding steroid dienone is 2. The zero-order chi connectivity index (χ0) is 22.6. The predicted octanol–water partition coefficient (Wildman–Crippen LogP) is 6.58. The van der Waals surface area contributed by atoms with E-state index in [1.807, 2.05) is 6.92 Å². The Bertz CT molecular complexity index is 844. The molecule has 0 aromatic heterocycles. The summed E-state index contributed by atoms with van der Waals surface area (Å²) in [5.41, 5.74) is -1.53. The molecule has 1 fully saturated rings. The van der Waals surface area contributed by atoms with Crippen LogP contribution >= 0.6 is 0 Å². The molecular weight excluding hydrogens is 419 g/mol. The minimum atomic E-state index is -1.50. The van der Waals surface area contributed by atoms with Gasteiger partial charge in [-0.05, 0) is 50.3 Å². The second kappa shape index (κ2) is 10.1. The van der Waals surface area contributed by atoms with Crippen LogP contribution in [0.1, 0.15) is 51.5 Å². The Morgan fingerprint density at radius 3 is 2.42 bits per heavy atom. The molecule has 1 aromatic carbocycles. The molecule has 3 rings (SSSR count). The van der Waals surface area contributed by atoms with Crippen molar-refractivity contribution in [2.45, 2.75) is 57.9 Å². The Kier molecular flexibility index (Phi) is 7.75. The molecule has 0 saturated carbocycles. The SMILES string of the molecule is CCCC1(F)COC(C2=CCC(/C(F)=C(\F)c3ccc(OCC)c(F)c3F)CC2)OC1. The Morgan fingerprint density at radius 1 is 1.13 bits per heavy atom. The topological polar surface area (TPSA) is 27.7 Å². The van der Waals surface area contributed by atoms with Crippen LogP contribution < -0.4 is 4.74 Å². The van der Waals surface area contributed by atoms with Gasteiger partial charge in [-0.15, -0.1) is 0 Å². The number of halogens is 5. The molecule has 8 heteroatoms. The summed E-state index contributed by atoms with van der Waals surface area (Å²) in [6.07, 6.45) is 2.76. The predicted molar refractivity (Wildman–Crippen MR) is 107 cm³/mol. The number of ether oxygens (including phenoxy) is 3. The van der Waals surface area contributed by atoms with Crippen molar-refractivity contribution >= 4 is 5.83 Å². The summed E-state index contributed by atoms with van der Waals surface area (Å²) in [6.45, 7) is 3.44. The van der Waals surface area contributed by atoms with E-state index in [1.165, 1.54) is 0 Å². The summed E-state index contributed by atoms with van der Waals surface area (Å²) < 4.78 is 87.9. The van der Waals surface area contributed by atoms with E-state index in [2.05, 4.69) is 0 Å². The van der Waals surface area contributed by atoms with Crippen LogP contribution in [0.2, 0.25) is 0 Å². The lowest BCUT2D eigenvalue weighted by Gasteiger charge is -2.36. The Balaban J connectivity index is 1.68. The minimum Gasteiger partial charge on any atom is -0.491 e. The number of hydrogen-bond donors (Lipinski definition) is 0.